The van der Waals surface area contributed by atoms with Crippen molar-refractivity contribution in [2.45, 2.75) is 77.2 Å². The maximum absolute atomic E-state index is 14.1. The van der Waals surface area contributed by atoms with Gasteiger partial charge in [-0.3, -0.25) is 28.9 Å². The normalized spacial score (nSPS) is 24.9. The lowest BCUT2D eigenvalue weighted by Gasteiger charge is -2.31. The highest BCUT2D eigenvalue weighted by molar-refractivity contribution is 5.96. The van der Waals surface area contributed by atoms with E-state index in [0.717, 1.165) is 17.7 Å². The Bertz CT molecular complexity index is 1520. The van der Waals surface area contributed by atoms with Gasteiger partial charge < -0.3 is 30.5 Å². The number of carbonyl (C=O) groups is 5. The van der Waals surface area contributed by atoms with Crippen LogP contribution in [0.25, 0.3) is 0 Å². The lowest BCUT2D eigenvalue weighted by molar-refractivity contribution is -0.143. The molecule has 0 radical (unpaired) electrons. The predicted molar refractivity (Wildman–Crippen MR) is 180 cm³/mol. The number of halogens is 1. The molecule has 49 heavy (non-hydrogen) atoms. The van der Waals surface area contributed by atoms with E-state index < -0.39 is 41.9 Å². The minimum absolute atomic E-state index is 0.191. The maximum Gasteiger partial charge on any atom is 0.258 e. The number of fused-ring (bicyclic) bond motifs is 13. The Hall–Kier alpha value is -4.52. The number of hydrogen-bond donors (Lipinski definition) is 3. The van der Waals surface area contributed by atoms with Gasteiger partial charge in [-0.15, -0.1) is 0 Å². The first-order valence-corrected chi connectivity index (χ1v) is 17.2. The molecule has 2 aromatic carbocycles. The Balaban J connectivity index is 1.34. The van der Waals surface area contributed by atoms with Gasteiger partial charge in [-0.2, -0.15) is 0 Å². The molecule has 12 nitrogen and oxygen atoms in total. The van der Waals surface area contributed by atoms with Crippen molar-refractivity contribution < 1.29 is 33.1 Å². The van der Waals surface area contributed by atoms with Crippen LogP contribution in [0.3, 0.4) is 0 Å². The Kier molecular flexibility index (Phi) is 11.9. The summed E-state index contributed by atoms with van der Waals surface area (Å²) in [5, 5.41) is 8.42. The van der Waals surface area contributed by atoms with Gasteiger partial charge in [0.15, 0.2) is 6.61 Å². The molecular weight excluding hydrogens is 631 g/mol. The zero-order valence-corrected chi connectivity index (χ0v) is 28.5. The number of rotatable bonds is 4. The minimum atomic E-state index is -0.982. The molecular formula is C36H47FN6O6. The van der Waals surface area contributed by atoms with Crippen LogP contribution in [0.4, 0.5) is 4.39 Å². The molecule has 0 aliphatic carbocycles. The average molecular weight is 679 g/mol. The lowest BCUT2D eigenvalue weighted by Crippen LogP contribution is -2.58. The van der Waals surface area contributed by atoms with Gasteiger partial charge >= 0.3 is 0 Å². The number of ether oxygens (including phenoxy) is 1. The largest absolute Gasteiger partial charge is 0.484 e. The third-order valence-electron chi connectivity index (χ3n) is 9.38. The van der Waals surface area contributed by atoms with Crippen LogP contribution in [0.2, 0.25) is 0 Å². The number of carbonyl (C=O) groups excluding carboxylic acids is 5. The first-order valence-electron chi connectivity index (χ1n) is 17.2. The van der Waals surface area contributed by atoms with Gasteiger partial charge in [-0.25, -0.2) is 4.39 Å². The van der Waals surface area contributed by atoms with Gasteiger partial charge in [0.05, 0.1) is 0 Å². The molecule has 6 rings (SSSR count). The highest BCUT2D eigenvalue weighted by atomic mass is 19.1. The van der Waals surface area contributed by atoms with Crippen molar-refractivity contribution in [1.82, 2.24) is 30.7 Å². The van der Waals surface area contributed by atoms with Crippen molar-refractivity contribution in [2.24, 2.45) is 5.92 Å². The van der Waals surface area contributed by atoms with E-state index in [1.165, 1.54) is 17.0 Å². The van der Waals surface area contributed by atoms with E-state index in [1.54, 1.807) is 42.2 Å². The minimum Gasteiger partial charge on any atom is -0.484 e. The van der Waals surface area contributed by atoms with Crippen LogP contribution in [0.15, 0.2) is 48.5 Å². The first-order chi connectivity index (χ1) is 23.5. The molecule has 4 aliphatic rings. The number of hydrogen-bond acceptors (Lipinski definition) is 7. The highest BCUT2D eigenvalue weighted by Gasteiger charge is 2.39. The monoisotopic (exact) mass is 678 g/mol. The van der Waals surface area contributed by atoms with E-state index in [1.807, 2.05) is 19.9 Å². The number of benzene rings is 2. The SMILES string of the molecule is CC(C)[C@H]1NC(=O)COc2ccc(cc2)C[C@@H](C(=O)N2CCCN(Cc3cccc(F)c3)CC2)NC(=O)[C@H](C)NC(=O)[C@@H]2CCCN2C1=O. The van der Waals surface area contributed by atoms with Crippen LogP contribution < -0.4 is 20.7 Å². The summed E-state index contributed by atoms with van der Waals surface area (Å²) in [5.74, 6) is -2.14. The zero-order valence-electron chi connectivity index (χ0n) is 28.5. The van der Waals surface area contributed by atoms with Crippen molar-refractivity contribution in [2.75, 3.05) is 39.3 Å². The molecule has 13 heteroatoms. The van der Waals surface area contributed by atoms with Crippen molar-refractivity contribution >= 4 is 29.5 Å². The Labute approximate surface area is 286 Å². The molecule has 0 saturated carbocycles. The number of nitrogens with one attached hydrogen (secondary N) is 3. The van der Waals surface area contributed by atoms with Crippen molar-refractivity contribution in [1.29, 1.82) is 0 Å². The summed E-state index contributed by atoms with van der Waals surface area (Å²) in [4.78, 5) is 72.9. The molecule has 0 aromatic heterocycles. The summed E-state index contributed by atoms with van der Waals surface area (Å²) in [7, 11) is 0. The van der Waals surface area contributed by atoms with Crippen LogP contribution in [0, 0.1) is 11.7 Å². The highest BCUT2D eigenvalue weighted by Crippen LogP contribution is 2.21. The fraction of sp³-hybridized carbons (Fsp3) is 0.528. The molecule has 2 fully saturated rings. The number of nitrogens with zero attached hydrogens (tertiary/aromatic N) is 3. The topological polar surface area (TPSA) is 140 Å². The summed E-state index contributed by atoms with van der Waals surface area (Å²) in [5.41, 5.74) is 1.63. The van der Waals surface area contributed by atoms with Crippen molar-refractivity contribution in [3.05, 3.63) is 65.5 Å². The van der Waals surface area contributed by atoms with E-state index >= 15 is 0 Å². The smallest absolute Gasteiger partial charge is 0.258 e. The van der Waals surface area contributed by atoms with Gasteiger partial charge in [-0.05, 0) is 67.5 Å². The number of amides is 5. The summed E-state index contributed by atoms with van der Waals surface area (Å²) in [6.45, 7) is 8.06. The molecule has 4 heterocycles. The van der Waals surface area contributed by atoms with E-state index in [0.29, 0.717) is 57.7 Å². The van der Waals surface area contributed by atoms with Crippen LogP contribution in [-0.4, -0.2) is 108 Å². The lowest BCUT2D eigenvalue weighted by atomic mass is 10.0. The van der Waals surface area contributed by atoms with Crippen LogP contribution in [-0.2, 0) is 36.9 Å². The standard InChI is InChI=1S/C36H47FN6O6/c1-23(2)32-36(48)43-16-5-9-30(43)34(46)38-24(3)33(45)39-29(20-25-10-12-28(13-11-25)49-22-31(44)40-32)35(47)42-15-6-14-41(17-18-42)21-26-7-4-8-27(37)19-26/h4,7-8,10-13,19,23-24,29-30,32H,5-6,9,14-18,20-22H2,1-3H3,(H,38,46)(H,39,45)(H,40,44)/t24-,29-,30-,32+/m0/s1. The maximum atomic E-state index is 14.1. The third-order valence-corrected chi connectivity index (χ3v) is 9.38. The van der Waals surface area contributed by atoms with Gasteiger partial charge in [0.1, 0.15) is 35.7 Å². The second-order valence-corrected chi connectivity index (χ2v) is 13.5. The Morgan fingerprint density at radius 2 is 1.69 bits per heavy atom. The van der Waals surface area contributed by atoms with E-state index in [4.69, 9.17) is 4.74 Å². The summed E-state index contributed by atoms with van der Waals surface area (Å²) in [6, 6.07) is 9.89. The van der Waals surface area contributed by atoms with E-state index in [-0.39, 0.29) is 36.6 Å². The quantitative estimate of drug-likeness (QED) is 0.447. The molecule has 4 aliphatic heterocycles. The van der Waals surface area contributed by atoms with Crippen LogP contribution >= 0.6 is 0 Å². The van der Waals surface area contributed by atoms with Gasteiger partial charge in [-0.1, -0.05) is 38.1 Å². The third kappa shape index (κ3) is 9.34. The van der Waals surface area contributed by atoms with Crippen LogP contribution in [0.1, 0.15) is 51.2 Å². The molecule has 2 aromatic rings. The molecule has 3 N–H and O–H groups in total. The summed E-state index contributed by atoms with van der Waals surface area (Å²) < 4.78 is 19.5. The van der Waals surface area contributed by atoms with E-state index in [2.05, 4.69) is 20.9 Å². The molecule has 0 unspecified atom stereocenters. The van der Waals surface area contributed by atoms with Gasteiger partial charge in [0.2, 0.25) is 23.6 Å². The fourth-order valence-electron chi connectivity index (χ4n) is 6.65. The Morgan fingerprint density at radius 3 is 2.43 bits per heavy atom. The Morgan fingerprint density at radius 1 is 0.918 bits per heavy atom. The van der Waals surface area contributed by atoms with Crippen molar-refractivity contribution in [3.8, 4) is 5.75 Å². The molecule has 0 spiro atoms. The van der Waals surface area contributed by atoms with Crippen LogP contribution in [0.5, 0.6) is 5.75 Å². The molecule has 2 saturated heterocycles. The molecule has 5 amide bonds. The molecule has 264 valence electrons. The zero-order chi connectivity index (χ0) is 35.1. The van der Waals surface area contributed by atoms with Crippen molar-refractivity contribution in [3.63, 3.8) is 0 Å². The molecule has 4 atom stereocenters. The summed E-state index contributed by atoms with van der Waals surface area (Å²) >= 11 is 0. The predicted octanol–water partition coefficient (Wildman–Crippen LogP) is 1.62. The van der Waals surface area contributed by atoms with Gasteiger partial charge in [0.25, 0.3) is 5.91 Å². The molecule has 2 bridgehead atoms. The fourth-order valence-corrected chi connectivity index (χ4v) is 6.65. The summed E-state index contributed by atoms with van der Waals surface area (Å²) in [6.07, 6.45) is 1.93. The first kappa shape index (κ1) is 35.8. The average Bonchev–Trinajstić information content (AvgIpc) is 3.46. The van der Waals surface area contributed by atoms with E-state index in [9.17, 15) is 28.4 Å². The van der Waals surface area contributed by atoms with Gasteiger partial charge in [0, 0.05) is 45.7 Å². The second kappa shape index (κ2) is 16.3. The second-order valence-electron chi connectivity index (χ2n) is 13.5.